The maximum Gasteiger partial charge on any atom is 0.228 e. The third-order valence-corrected chi connectivity index (χ3v) is 4.36. The monoisotopic (exact) mass is 341 g/mol. The number of nitrogens with one attached hydrogen (secondary N) is 1. The summed E-state index contributed by atoms with van der Waals surface area (Å²) in [5.41, 5.74) is 1.35. The number of carbonyl (C=O) groups is 1. The lowest BCUT2D eigenvalue weighted by Gasteiger charge is -2.31. The summed E-state index contributed by atoms with van der Waals surface area (Å²) < 4.78 is 11.0. The molecule has 8 heteroatoms. The highest BCUT2D eigenvalue weighted by molar-refractivity contribution is 5.86. The number of amides is 1. The molecule has 1 saturated heterocycles. The van der Waals surface area contributed by atoms with Crippen LogP contribution in [0.3, 0.4) is 0 Å². The fraction of sp³-hybridized carbons (Fsp3) is 0.412. The second kappa shape index (κ2) is 6.64. The molecule has 1 amide bonds. The SMILES string of the molecule is CCc1nc([C@@H]2CN(C(=O)Cc3noc4ccccc34)CCO2)n[nH]1. The van der Waals surface area contributed by atoms with Gasteiger partial charge >= 0.3 is 0 Å². The van der Waals surface area contributed by atoms with Gasteiger partial charge in [0.15, 0.2) is 11.4 Å². The van der Waals surface area contributed by atoms with Crippen LogP contribution in [0.4, 0.5) is 0 Å². The number of morpholine rings is 1. The Kier molecular flexibility index (Phi) is 4.19. The quantitative estimate of drug-likeness (QED) is 0.775. The smallest absolute Gasteiger partial charge is 0.228 e. The van der Waals surface area contributed by atoms with Crippen LogP contribution in [0.1, 0.15) is 30.4 Å². The summed E-state index contributed by atoms with van der Waals surface area (Å²) in [6.45, 7) is 3.46. The number of rotatable bonds is 4. The number of ether oxygens (including phenoxy) is 1. The summed E-state index contributed by atoms with van der Waals surface area (Å²) in [5.74, 6) is 1.41. The van der Waals surface area contributed by atoms with Crippen LogP contribution in [0, 0.1) is 0 Å². The van der Waals surface area contributed by atoms with Gasteiger partial charge in [-0.25, -0.2) is 4.98 Å². The summed E-state index contributed by atoms with van der Waals surface area (Å²) in [5, 5.41) is 12.0. The number of benzene rings is 1. The van der Waals surface area contributed by atoms with Crippen molar-refractivity contribution in [2.45, 2.75) is 25.9 Å². The predicted molar refractivity (Wildman–Crippen MR) is 88.7 cm³/mol. The van der Waals surface area contributed by atoms with Crippen molar-refractivity contribution in [2.75, 3.05) is 19.7 Å². The number of aromatic nitrogens is 4. The minimum atomic E-state index is -0.302. The van der Waals surface area contributed by atoms with Crippen molar-refractivity contribution in [3.05, 3.63) is 41.6 Å². The number of hydrogen-bond donors (Lipinski definition) is 1. The van der Waals surface area contributed by atoms with E-state index in [1.807, 2.05) is 31.2 Å². The lowest BCUT2D eigenvalue weighted by atomic mass is 10.1. The van der Waals surface area contributed by atoms with Crippen molar-refractivity contribution in [3.8, 4) is 0 Å². The van der Waals surface area contributed by atoms with Gasteiger partial charge in [-0.15, -0.1) is 0 Å². The average Bonchev–Trinajstić information content (AvgIpc) is 3.29. The maximum absolute atomic E-state index is 12.7. The molecule has 3 aromatic rings. The van der Waals surface area contributed by atoms with E-state index in [0.29, 0.717) is 36.8 Å². The molecule has 1 N–H and O–H groups in total. The van der Waals surface area contributed by atoms with E-state index in [1.165, 1.54) is 0 Å². The number of aryl methyl sites for hydroxylation is 1. The molecule has 4 rings (SSSR count). The Hall–Kier alpha value is -2.74. The summed E-state index contributed by atoms with van der Waals surface area (Å²) in [6.07, 6.45) is 0.683. The second-order valence-electron chi connectivity index (χ2n) is 6.00. The lowest BCUT2D eigenvalue weighted by Crippen LogP contribution is -2.43. The molecule has 0 aliphatic carbocycles. The van der Waals surface area contributed by atoms with Gasteiger partial charge in [0.1, 0.15) is 17.6 Å². The van der Waals surface area contributed by atoms with Crippen LogP contribution < -0.4 is 0 Å². The van der Waals surface area contributed by atoms with E-state index < -0.39 is 0 Å². The van der Waals surface area contributed by atoms with Crippen molar-refractivity contribution in [1.82, 2.24) is 25.2 Å². The van der Waals surface area contributed by atoms with Gasteiger partial charge in [-0.3, -0.25) is 9.89 Å². The number of fused-ring (bicyclic) bond motifs is 1. The maximum atomic E-state index is 12.7. The molecule has 1 fully saturated rings. The minimum Gasteiger partial charge on any atom is -0.366 e. The Morgan fingerprint density at radius 2 is 2.28 bits per heavy atom. The Labute approximate surface area is 144 Å². The van der Waals surface area contributed by atoms with Crippen LogP contribution in [-0.2, 0) is 22.4 Å². The highest BCUT2D eigenvalue weighted by Crippen LogP contribution is 2.22. The van der Waals surface area contributed by atoms with Gasteiger partial charge in [0, 0.05) is 18.4 Å². The van der Waals surface area contributed by atoms with Crippen molar-refractivity contribution < 1.29 is 14.1 Å². The zero-order valence-electron chi connectivity index (χ0n) is 13.9. The van der Waals surface area contributed by atoms with E-state index in [0.717, 1.165) is 17.6 Å². The number of aromatic amines is 1. The fourth-order valence-corrected chi connectivity index (χ4v) is 2.96. The van der Waals surface area contributed by atoms with Gasteiger partial charge in [0.25, 0.3) is 0 Å². The number of para-hydroxylation sites is 1. The molecule has 2 aromatic heterocycles. The predicted octanol–water partition coefficient (Wildman–Crippen LogP) is 1.65. The molecule has 0 bridgehead atoms. The summed E-state index contributed by atoms with van der Waals surface area (Å²) in [6, 6.07) is 7.55. The second-order valence-corrected chi connectivity index (χ2v) is 6.00. The highest BCUT2D eigenvalue weighted by atomic mass is 16.5. The number of hydrogen-bond acceptors (Lipinski definition) is 6. The largest absolute Gasteiger partial charge is 0.366 e. The molecule has 0 spiro atoms. The van der Waals surface area contributed by atoms with Gasteiger partial charge in [-0.05, 0) is 12.1 Å². The zero-order chi connectivity index (χ0) is 17.2. The molecule has 1 aliphatic heterocycles. The Morgan fingerprint density at radius 1 is 1.40 bits per heavy atom. The van der Waals surface area contributed by atoms with E-state index >= 15 is 0 Å². The number of nitrogens with zero attached hydrogens (tertiary/aromatic N) is 4. The van der Waals surface area contributed by atoms with Gasteiger partial charge in [-0.2, -0.15) is 5.10 Å². The normalized spacial score (nSPS) is 18.0. The van der Waals surface area contributed by atoms with E-state index in [2.05, 4.69) is 20.3 Å². The first-order chi connectivity index (χ1) is 12.2. The summed E-state index contributed by atoms with van der Waals surface area (Å²) >= 11 is 0. The van der Waals surface area contributed by atoms with E-state index in [4.69, 9.17) is 9.26 Å². The van der Waals surface area contributed by atoms with Gasteiger partial charge < -0.3 is 14.2 Å². The molecular weight excluding hydrogens is 322 g/mol. The molecule has 1 aromatic carbocycles. The van der Waals surface area contributed by atoms with E-state index in [9.17, 15) is 4.79 Å². The molecule has 8 nitrogen and oxygen atoms in total. The van der Waals surface area contributed by atoms with Crippen LogP contribution >= 0.6 is 0 Å². The first kappa shape index (κ1) is 15.8. The van der Waals surface area contributed by atoms with Gasteiger partial charge in [-0.1, -0.05) is 24.2 Å². The topological polar surface area (TPSA) is 97.1 Å². The first-order valence-electron chi connectivity index (χ1n) is 8.38. The molecule has 1 aliphatic rings. The summed E-state index contributed by atoms with van der Waals surface area (Å²) in [4.78, 5) is 18.9. The Bertz CT molecular complexity index is 887. The van der Waals surface area contributed by atoms with E-state index in [1.54, 1.807) is 4.90 Å². The van der Waals surface area contributed by atoms with Crippen LogP contribution in [0.2, 0.25) is 0 Å². The molecule has 0 saturated carbocycles. The zero-order valence-corrected chi connectivity index (χ0v) is 13.9. The van der Waals surface area contributed by atoms with Gasteiger partial charge in [0.2, 0.25) is 5.91 Å². The fourth-order valence-electron chi connectivity index (χ4n) is 2.96. The van der Waals surface area contributed by atoms with E-state index in [-0.39, 0.29) is 18.4 Å². The number of H-pyrrole nitrogens is 1. The molecule has 3 heterocycles. The van der Waals surface area contributed by atoms with Crippen molar-refractivity contribution >= 4 is 16.9 Å². The Morgan fingerprint density at radius 3 is 3.12 bits per heavy atom. The summed E-state index contributed by atoms with van der Waals surface area (Å²) in [7, 11) is 0. The Balaban J connectivity index is 1.46. The minimum absolute atomic E-state index is 0.00129. The average molecular weight is 341 g/mol. The third-order valence-electron chi connectivity index (χ3n) is 4.36. The standard InChI is InChI=1S/C17H19N5O3/c1-2-15-18-17(20-19-15)14-10-22(7-8-24-14)16(23)9-12-11-5-3-4-6-13(11)25-21-12/h3-6,14H,2,7-10H2,1H3,(H,18,19,20)/t14-/m0/s1. The van der Waals surface area contributed by atoms with Crippen molar-refractivity contribution in [3.63, 3.8) is 0 Å². The lowest BCUT2D eigenvalue weighted by molar-refractivity contribution is -0.138. The molecule has 0 unspecified atom stereocenters. The van der Waals surface area contributed by atoms with Gasteiger partial charge in [0.05, 0.1) is 19.6 Å². The highest BCUT2D eigenvalue weighted by Gasteiger charge is 2.28. The molecule has 1 atom stereocenters. The molecule has 0 radical (unpaired) electrons. The number of carbonyl (C=O) groups excluding carboxylic acids is 1. The van der Waals surface area contributed by atoms with Crippen LogP contribution in [0.15, 0.2) is 28.8 Å². The van der Waals surface area contributed by atoms with Crippen molar-refractivity contribution in [1.29, 1.82) is 0 Å². The van der Waals surface area contributed by atoms with Crippen LogP contribution in [-0.4, -0.2) is 50.8 Å². The molecule has 130 valence electrons. The van der Waals surface area contributed by atoms with Crippen LogP contribution in [0.5, 0.6) is 0 Å². The third kappa shape index (κ3) is 3.12. The van der Waals surface area contributed by atoms with Crippen LogP contribution in [0.25, 0.3) is 11.0 Å². The molecular formula is C17H19N5O3. The van der Waals surface area contributed by atoms with Crippen molar-refractivity contribution in [2.24, 2.45) is 0 Å². The molecule has 25 heavy (non-hydrogen) atoms. The first-order valence-corrected chi connectivity index (χ1v) is 8.38.